The molecule has 2 unspecified atom stereocenters. The molecule has 0 spiro atoms. The fourth-order valence-electron chi connectivity index (χ4n) is 2.21. The molecule has 1 amide bonds. The number of hydrogen-bond donors (Lipinski definition) is 1. The van der Waals surface area contributed by atoms with E-state index in [2.05, 4.69) is 32.3 Å². The zero-order valence-electron chi connectivity index (χ0n) is 9.81. The SMILES string of the molecule is CNC(=O)C1(CC(C)(C)SC)CC1C. The lowest BCUT2D eigenvalue weighted by atomic mass is 9.90. The van der Waals surface area contributed by atoms with Crippen LogP contribution in [0, 0.1) is 11.3 Å². The van der Waals surface area contributed by atoms with Crippen LogP contribution < -0.4 is 5.32 Å². The fraction of sp³-hybridized carbons (Fsp3) is 0.909. The van der Waals surface area contributed by atoms with Crippen LogP contribution in [0.1, 0.15) is 33.6 Å². The molecule has 1 N–H and O–H groups in total. The van der Waals surface area contributed by atoms with Gasteiger partial charge in [-0.2, -0.15) is 11.8 Å². The maximum absolute atomic E-state index is 11.8. The second-order valence-corrected chi connectivity index (χ2v) is 6.49. The largest absolute Gasteiger partial charge is 0.359 e. The van der Waals surface area contributed by atoms with Crippen LogP contribution in [0.15, 0.2) is 0 Å². The molecule has 0 aliphatic heterocycles. The van der Waals surface area contributed by atoms with Gasteiger partial charge in [0.2, 0.25) is 5.91 Å². The molecule has 0 bridgehead atoms. The normalized spacial score (nSPS) is 31.4. The van der Waals surface area contributed by atoms with Gasteiger partial charge in [-0.3, -0.25) is 4.79 Å². The number of hydrogen-bond acceptors (Lipinski definition) is 2. The molecule has 1 rings (SSSR count). The third kappa shape index (κ3) is 2.08. The average Bonchev–Trinajstić information content (AvgIpc) is 2.75. The van der Waals surface area contributed by atoms with Crippen molar-refractivity contribution in [3.8, 4) is 0 Å². The topological polar surface area (TPSA) is 29.1 Å². The lowest BCUT2D eigenvalue weighted by molar-refractivity contribution is -0.126. The maximum Gasteiger partial charge on any atom is 0.226 e. The number of amides is 1. The Hall–Kier alpha value is -0.180. The highest BCUT2D eigenvalue weighted by atomic mass is 32.2. The first kappa shape index (κ1) is 11.9. The van der Waals surface area contributed by atoms with Crippen LogP contribution in [0.4, 0.5) is 0 Å². The smallest absolute Gasteiger partial charge is 0.226 e. The lowest BCUT2D eigenvalue weighted by Crippen LogP contribution is -2.35. The molecule has 2 nitrogen and oxygen atoms in total. The van der Waals surface area contributed by atoms with Crippen LogP contribution in [0.2, 0.25) is 0 Å². The van der Waals surface area contributed by atoms with Gasteiger partial charge in [0.05, 0.1) is 5.41 Å². The monoisotopic (exact) mass is 215 g/mol. The van der Waals surface area contributed by atoms with Crippen molar-refractivity contribution in [2.24, 2.45) is 11.3 Å². The molecule has 0 aromatic rings. The van der Waals surface area contributed by atoms with Crippen LogP contribution in [-0.2, 0) is 4.79 Å². The van der Waals surface area contributed by atoms with Crippen molar-refractivity contribution in [1.29, 1.82) is 0 Å². The second-order valence-electron chi connectivity index (χ2n) is 4.98. The van der Waals surface area contributed by atoms with Crippen molar-refractivity contribution < 1.29 is 4.79 Å². The molecule has 1 fully saturated rings. The summed E-state index contributed by atoms with van der Waals surface area (Å²) in [6.45, 7) is 6.60. The summed E-state index contributed by atoms with van der Waals surface area (Å²) in [4.78, 5) is 11.8. The van der Waals surface area contributed by atoms with E-state index in [1.165, 1.54) is 0 Å². The minimum atomic E-state index is -0.0682. The van der Waals surface area contributed by atoms with E-state index in [0.29, 0.717) is 5.92 Å². The van der Waals surface area contributed by atoms with Gasteiger partial charge < -0.3 is 5.32 Å². The lowest BCUT2D eigenvalue weighted by Gasteiger charge is -2.27. The van der Waals surface area contributed by atoms with Gasteiger partial charge in [0.1, 0.15) is 0 Å². The second kappa shape index (κ2) is 3.76. The van der Waals surface area contributed by atoms with Crippen molar-refractivity contribution in [3.05, 3.63) is 0 Å². The van der Waals surface area contributed by atoms with E-state index in [9.17, 15) is 4.79 Å². The minimum absolute atomic E-state index is 0.0682. The van der Waals surface area contributed by atoms with Crippen molar-refractivity contribution in [2.45, 2.75) is 38.4 Å². The molecule has 0 saturated heterocycles. The van der Waals surface area contributed by atoms with Gasteiger partial charge in [-0.25, -0.2) is 0 Å². The number of rotatable bonds is 4. The predicted octanol–water partition coefficient (Wildman–Crippen LogP) is 2.29. The summed E-state index contributed by atoms with van der Waals surface area (Å²) in [5, 5.41) is 2.80. The van der Waals surface area contributed by atoms with E-state index in [-0.39, 0.29) is 16.1 Å². The highest BCUT2D eigenvalue weighted by Crippen LogP contribution is 2.58. The van der Waals surface area contributed by atoms with Gasteiger partial charge in [0.15, 0.2) is 0 Å². The molecule has 0 aromatic carbocycles. The third-order valence-corrected chi connectivity index (χ3v) is 4.68. The quantitative estimate of drug-likeness (QED) is 0.779. The van der Waals surface area contributed by atoms with E-state index in [0.717, 1.165) is 12.8 Å². The van der Waals surface area contributed by atoms with E-state index < -0.39 is 0 Å². The van der Waals surface area contributed by atoms with Gasteiger partial charge in [-0.1, -0.05) is 20.8 Å². The Bertz CT molecular complexity index is 239. The summed E-state index contributed by atoms with van der Waals surface area (Å²) >= 11 is 1.84. The Morgan fingerprint density at radius 2 is 2.14 bits per heavy atom. The van der Waals surface area contributed by atoms with Crippen molar-refractivity contribution >= 4 is 17.7 Å². The Kier molecular flexibility index (Phi) is 3.20. The summed E-state index contributed by atoms with van der Waals surface area (Å²) in [7, 11) is 1.74. The number of carbonyl (C=O) groups excluding carboxylic acids is 1. The molecule has 2 atom stereocenters. The highest BCUT2D eigenvalue weighted by molar-refractivity contribution is 7.99. The van der Waals surface area contributed by atoms with Crippen LogP contribution in [0.5, 0.6) is 0 Å². The summed E-state index contributed by atoms with van der Waals surface area (Å²) < 4.78 is 0.206. The number of carbonyl (C=O) groups is 1. The molecular weight excluding hydrogens is 194 g/mol. The van der Waals surface area contributed by atoms with E-state index in [1.807, 2.05) is 11.8 Å². The van der Waals surface area contributed by atoms with E-state index in [1.54, 1.807) is 7.05 Å². The molecule has 0 aromatic heterocycles. The Balaban J connectivity index is 2.70. The van der Waals surface area contributed by atoms with Crippen LogP contribution in [0.25, 0.3) is 0 Å². The van der Waals surface area contributed by atoms with Gasteiger partial charge in [0.25, 0.3) is 0 Å². The fourth-order valence-corrected chi connectivity index (χ4v) is 2.61. The van der Waals surface area contributed by atoms with Gasteiger partial charge in [-0.15, -0.1) is 0 Å². The number of nitrogens with one attached hydrogen (secondary N) is 1. The molecule has 82 valence electrons. The van der Waals surface area contributed by atoms with Gasteiger partial charge in [0, 0.05) is 11.8 Å². The number of thioether (sulfide) groups is 1. The Labute approximate surface area is 91.2 Å². The zero-order chi connectivity index (χ0) is 11.0. The Morgan fingerprint density at radius 1 is 1.64 bits per heavy atom. The summed E-state index contributed by atoms with van der Waals surface area (Å²) in [6, 6.07) is 0. The van der Waals surface area contributed by atoms with Crippen molar-refractivity contribution in [1.82, 2.24) is 5.32 Å². The third-order valence-electron chi connectivity index (χ3n) is 3.43. The molecule has 14 heavy (non-hydrogen) atoms. The maximum atomic E-state index is 11.8. The Morgan fingerprint density at radius 3 is 2.43 bits per heavy atom. The molecular formula is C11H21NOS. The molecule has 0 radical (unpaired) electrons. The van der Waals surface area contributed by atoms with Crippen LogP contribution in [-0.4, -0.2) is 24.0 Å². The van der Waals surface area contributed by atoms with Crippen molar-refractivity contribution in [2.75, 3.05) is 13.3 Å². The molecule has 0 heterocycles. The van der Waals surface area contributed by atoms with E-state index >= 15 is 0 Å². The van der Waals surface area contributed by atoms with Gasteiger partial charge >= 0.3 is 0 Å². The standard InChI is InChI=1S/C11H21NOS/c1-8-6-11(8,9(13)12-4)7-10(2,3)14-5/h8H,6-7H2,1-5H3,(H,12,13). The summed E-state index contributed by atoms with van der Waals surface area (Å²) in [5.74, 6) is 0.779. The first-order chi connectivity index (χ1) is 6.38. The average molecular weight is 215 g/mol. The van der Waals surface area contributed by atoms with E-state index in [4.69, 9.17) is 0 Å². The van der Waals surface area contributed by atoms with Crippen molar-refractivity contribution in [3.63, 3.8) is 0 Å². The van der Waals surface area contributed by atoms with Crippen LogP contribution in [0.3, 0.4) is 0 Å². The molecule has 1 aliphatic rings. The minimum Gasteiger partial charge on any atom is -0.359 e. The van der Waals surface area contributed by atoms with Gasteiger partial charge in [-0.05, 0) is 25.0 Å². The first-order valence-corrected chi connectivity index (χ1v) is 6.38. The predicted molar refractivity (Wildman–Crippen MR) is 62.5 cm³/mol. The van der Waals surface area contributed by atoms with Crippen LogP contribution >= 0.6 is 11.8 Å². The zero-order valence-corrected chi connectivity index (χ0v) is 10.6. The highest BCUT2D eigenvalue weighted by Gasteiger charge is 2.58. The summed E-state index contributed by atoms with van der Waals surface area (Å²) in [5.41, 5.74) is -0.0682. The molecule has 1 aliphatic carbocycles. The molecule has 1 saturated carbocycles. The molecule has 3 heteroatoms. The summed E-state index contributed by atoms with van der Waals surface area (Å²) in [6.07, 6.45) is 4.16. The first-order valence-electron chi connectivity index (χ1n) is 5.15.